The van der Waals surface area contributed by atoms with Gasteiger partial charge < -0.3 is 4.74 Å². The van der Waals surface area contributed by atoms with Gasteiger partial charge in [0, 0.05) is 6.07 Å². The van der Waals surface area contributed by atoms with Crippen LogP contribution in [0.2, 0.25) is 0 Å². The van der Waals surface area contributed by atoms with Gasteiger partial charge in [-0.05, 0) is 30.2 Å². The van der Waals surface area contributed by atoms with Gasteiger partial charge in [0.1, 0.15) is 5.82 Å². The fourth-order valence-corrected chi connectivity index (χ4v) is 1.75. The maximum Gasteiger partial charge on any atom is 0.340 e. The van der Waals surface area contributed by atoms with Gasteiger partial charge in [0.25, 0.3) is 5.56 Å². The molecule has 1 aromatic heterocycles. The number of halogens is 1. The van der Waals surface area contributed by atoms with Crippen molar-refractivity contribution >= 4 is 5.97 Å². The number of nitrogens with zero attached hydrogens (tertiary/aromatic N) is 2. The van der Waals surface area contributed by atoms with Crippen molar-refractivity contribution in [2.45, 2.75) is 13.5 Å². The number of esters is 1. The fraction of sp³-hybridized carbons (Fsp3) is 0.214. The second-order valence-electron chi connectivity index (χ2n) is 4.33. The molecule has 6 heteroatoms. The van der Waals surface area contributed by atoms with Crippen molar-refractivity contribution in [3.63, 3.8) is 0 Å². The highest BCUT2D eigenvalue weighted by atomic mass is 19.1. The summed E-state index contributed by atoms with van der Waals surface area (Å²) in [6, 6.07) is 5.53. The first-order valence-electron chi connectivity index (χ1n) is 5.92. The molecule has 0 aliphatic rings. The summed E-state index contributed by atoms with van der Waals surface area (Å²) < 4.78 is 19.4. The summed E-state index contributed by atoms with van der Waals surface area (Å²) in [7, 11) is 1.19. The van der Waals surface area contributed by atoms with Gasteiger partial charge in [0.2, 0.25) is 0 Å². The Bertz CT molecular complexity index is 710. The Morgan fingerprint density at radius 1 is 1.40 bits per heavy atom. The number of methoxy groups -OCH3 is 1. The lowest BCUT2D eigenvalue weighted by Crippen LogP contribution is -2.22. The second kappa shape index (κ2) is 5.64. The molecular weight excluding hydrogens is 263 g/mol. The van der Waals surface area contributed by atoms with Crippen molar-refractivity contribution in [1.82, 2.24) is 9.78 Å². The Kier molecular flexibility index (Phi) is 3.93. The minimum Gasteiger partial charge on any atom is -0.465 e. The van der Waals surface area contributed by atoms with E-state index in [4.69, 9.17) is 0 Å². The Hall–Kier alpha value is -2.50. The lowest BCUT2D eigenvalue weighted by Gasteiger charge is -2.06. The van der Waals surface area contributed by atoms with Crippen LogP contribution < -0.4 is 5.56 Å². The first-order chi connectivity index (χ1) is 9.51. The third-order valence-corrected chi connectivity index (χ3v) is 2.78. The number of hydrogen-bond donors (Lipinski definition) is 0. The van der Waals surface area contributed by atoms with Crippen LogP contribution in [0.1, 0.15) is 21.5 Å². The molecule has 0 saturated heterocycles. The monoisotopic (exact) mass is 276 g/mol. The molecule has 0 aliphatic heterocycles. The molecule has 0 spiro atoms. The molecule has 1 aromatic carbocycles. The van der Waals surface area contributed by atoms with Crippen molar-refractivity contribution in [1.29, 1.82) is 0 Å². The van der Waals surface area contributed by atoms with E-state index in [1.165, 1.54) is 30.0 Å². The summed E-state index contributed by atoms with van der Waals surface area (Å²) in [5, 5.41) is 3.97. The van der Waals surface area contributed by atoms with E-state index in [1.807, 2.05) is 0 Å². The Morgan fingerprint density at radius 2 is 2.15 bits per heavy atom. The lowest BCUT2D eigenvalue weighted by molar-refractivity contribution is 0.0595. The Morgan fingerprint density at radius 3 is 2.75 bits per heavy atom. The summed E-state index contributed by atoms with van der Waals surface area (Å²) in [5.41, 5.74) is 0.898. The minimum atomic E-state index is -0.736. The summed E-state index contributed by atoms with van der Waals surface area (Å²) in [6.07, 6.45) is 1.56. The van der Waals surface area contributed by atoms with Crippen LogP contribution in [0.5, 0.6) is 0 Å². The first kappa shape index (κ1) is 13.9. The maximum absolute atomic E-state index is 13.7. The van der Waals surface area contributed by atoms with Gasteiger partial charge in [0.05, 0.1) is 25.4 Å². The molecule has 0 atom stereocenters. The number of rotatable bonds is 3. The largest absolute Gasteiger partial charge is 0.465 e. The van der Waals surface area contributed by atoms with Crippen LogP contribution >= 0.6 is 0 Å². The topological polar surface area (TPSA) is 61.2 Å². The maximum atomic E-state index is 13.7. The van der Waals surface area contributed by atoms with E-state index >= 15 is 0 Å². The number of ether oxygens (including phenoxy) is 1. The van der Waals surface area contributed by atoms with Crippen LogP contribution in [0.4, 0.5) is 4.39 Å². The van der Waals surface area contributed by atoms with E-state index in [0.717, 1.165) is 5.56 Å². The van der Waals surface area contributed by atoms with Crippen LogP contribution in [-0.4, -0.2) is 22.9 Å². The van der Waals surface area contributed by atoms with E-state index in [-0.39, 0.29) is 17.7 Å². The number of hydrogen-bond acceptors (Lipinski definition) is 4. The summed E-state index contributed by atoms with van der Waals surface area (Å²) >= 11 is 0. The zero-order chi connectivity index (χ0) is 14.7. The summed E-state index contributed by atoms with van der Waals surface area (Å²) in [5.74, 6) is -1.42. The van der Waals surface area contributed by atoms with Crippen molar-refractivity contribution in [2.24, 2.45) is 0 Å². The van der Waals surface area contributed by atoms with Crippen molar-refractivity contribution in [3.8, 4) is 0 Å². The van der Waals surface area contributed by atoms with Gasteiger partial charge in [0.15, 0.2) is 0 Å². The number of carbonyl (C=O) groups is 1. The minimum absolute atomic E-state index is 0.136. The average molecular weight is 276 g/mol. The highest BCUT2D eigenvalue weighted by molar-refractivity contribution is 5.89. The van der Waals surface area contributed by atoms with Crippen LogP contribution in [-0.2, 0) is 11.3 Å². The molecule has 0 saturated carbocycles. The molecule has 0 unspecified atom stereocenters. The molecule has 5 nitrogen and oxygen atoms in total. The molecule has 20 heavy (non-hydrogen) atoms. The molecule has 0 N–H and O–H groups in total. The molecule has 0 bridgehead atoms. The standard InChI is InChI=1S/C14H13FN2O3/c1-9-5-13(18)17(16-7-9)8-10-3-4-11(12(15)6-10)14(19)20-2/h3-7H,8H2,1-2H3. The Balaban J connectivity index is 2.29. The van der Waals surface area contributed by atoms with Gasteiger partial charge in [-0.25, -0.2) is 13.9 Å². The van der Waals surface area contributed by atoms with Gasteiger partial charge in [-0.3, -0.25) is 4.79 Å². The van der Waals surface area contributed by atoms with Gasteiger partial charge in [-0.15, -0.1) is 0 Å². The van der Waals surface area contributed by atoms with Crippen molar-refractivity contribution in [3.05, 3.63) is 63.3 Å². The predicted octanol–water partition coefficient (Wildman–Crippen LogP) is 1.53. The predicted molar refractivity (Wildman–Crippen MR) is 70.1 cm³/mol. The van der Waals surface area contributed by atoms with E-state index < -0.39 is 11.8 Å². The van der Waals surface area contributed by atoms with E-state index in [1.54, 1.807) is 19.2 Å². The molecule has 1 heterocycles. The van der Waals surface area contributed by atoms with E-state index in [2.05, 4.69) is 9.84 Å². The smallest absolute Gasteiger partial charge is 0.340 e. The summed E-state index contributed by atoms with van der Waals surface area (Å²) in [6.45, 7) is 1.90. The average Bonchev–Trinajstić information content (AvgIpc) is 2.41. The van der Waals surface area contributed by atoms with Gasteiger partial charge in [-0.2, -0.15) is 5.10 Å². The molecule has 104 valence electrons. The third-order valence-electron chi connectivity index (χ3n) is 2.78. The SMILES string of the molecule is COC(=O)c1ccc(Cn2ncc(C)cc2=O)cc1F. The number of aryl methyl sites for hydroxylation is 1. The van der Waals surface area contributed by atoms with E-state index in [9.17, 15) is 14.0 Å². The van der Waals surface area contributed by atoms with Crippen molar-refractivity contribution in [2.75, 3.05) is 7.11 Å². The van der Waals surface area contributed by atoms with Crippen LogP contribution in [0.3, 0.4) is 0 Å². The molecule has 0 radical (unpaired) electrons. The first-order valence-corrected chi connectivity index (χ1v) is 5.92. The third kappa shape index (κ3) is 2.90. The molecule has 0 fully saturated rings. The highest BCUT2D eigenvalue weighted by Crippen LogP contribution is 2.12. The number of aromatic nitrogens is 2. The molecule has 0 amide bonds. The zero-order valence-corrected chi connectivity index (χ0v) is 11.1. The second-order valence-corrected chi connectivity index (χ2v) is 4.33. The summed E-state index contributed by atoms with van der Waals surface area (Å²) in [4.78, 5) is 22.9. The van der Waals surface area contributed by atoms with E-state index in [0.29, 0.717) is 5.56 Å². The molecule has 0 aliphatic carbocycles. The fourth-order valence-electron chi connectivity index (χ4n) is 1.75. The zero-order valence-electron chi connectivity index (χ0n) is 11.1. The number of carbonyl (C=O) groups excluding carboxylic acids is 1. The van der Waals surface area contributed by atoms with Crippen molar-refractivity contribution < 1.29 is 13.9 Å². The van der Waals surface area contributed by atoms with Gasteiger partial charge in [-0.1, -0.05) is 6.07 Å². The van der Waals surface area contributed by atoms with Crippen LogP contribution in [0, 0.1) is 12.7 Å². The van der Waals surface area contributed by atoms with Gasteiger partial charge >= 0.3 is 5.97 Å². The molecule has 2 aromatic rings. The van der Waals surface area contributed by atoms with Crippen LogP contribution in [0.15, 0.2) is 35.3 Å². The highest BCUT2D eigenvalue weighted by Gasteiger charge is 2.12. The number of benzene rings is 1. The quantitative estimate of drug-likeness (QED) is 0.798. The lowest BCUT2D eigenvalue weighted by atomic mass is 10.1. The molecular formula is C14H13FN2O3. The molecule has 2 rings (SSSR count). The Labute approximate surface area is 114 Å². The van der Waals surface area contributed by atoms with Crippen LogP contribution in [0.25, 0.3) is 0 Å². The normalized spacial score (nSPS) is 10.3.